The first-order valence-corrected chi connectivity index (χ1v) is 12.3. The van der Waals surface area contributed by atoms with Crippen molar-refractivity contribution in [3.8, 4) is 5.75 Å². The van der Waals surface area contributed by atoms with Crippen LogP contribution in [0.5, 0.6) is 5.75 Å². The average Bonchev–Trinajstić information content (AvgIpc) is 3.47. The van der Waals surface area contributed by atoms with Gasteiger partial charge in [0.25, 0.3) is 15.2 Å². The highest BCUT2D eigenvalue weighted by Crippen LogP contribution is 2.27. The summed E-state index contributed by atoms with van der Waals surface area (Å²) in [5, 5.41) is 3.09. The van der Waals surface area contributed by atoms with Gasteiger partial charge in [-0.2, -0.15) is 0 Å². The van der Waals surface area contributed by atoms with Crippen LogP contribution in [-0.4, -0.2) is 32.2 Å². The van der Waals surface area contributed by atoms with Crippen LogP contribution in [0.15, 0.2) is 79.8 Å². The van der Waals surface area contributed by atoms with Crippen molar-refractivity contribution < 1.29 is 26.8 Å². The predicted octanol–water partition coefficient (Wildman–Crippen LogP) is 4.20. The lowest BCUT2D eigenvalue weighted by molar-refractivity contribution is -0.119. The molecule has 2 aromatic heterocycles. The molecular formula is C22H21N3O6S2. The zero-order valence-corrected chi connectivity index (χ0v) is 19.4. The van der Waals surface area contributed by atoms with Gasteiger partial charge >= 0.3 is 0 Å². The number of amides is 1. The number of rotatable bonds is 9. The largest absolute Gasteiger partial charge is 0.497 e. The number of benzene rings is 2. The average molecular weight is 488 g/mol. The number of oxazole rings is 1. The Balaban J connectivity index is 1.41. The highest BCUT2D eigenvalue weighted by atomic mass is 32.2. The van der Waals surface area contributed by atoms with Crippen LogP contribution in [0, 0.1) is 0 Å². The van der Waals surface area contributed by atoms with E-state index in [1.807, 2.05) is 6.92 Å². The van der Waals surface area contributed by atoms with Gasteiger partial charge < -0.3 is 18.9 Å². The lowest BCUT2D eigenvalue weighted by atomic mass is 10.2. The van der Waals surface area contributed by atoms with Gasteiger partial charge in [0.05, 0.1) is 30.1 Å². The van der Waals surface area contributed by atoms with Gasteiger partial charge in [-0.25, -0.2) is 13.4 Å². The number of fused-ring (bicyclic) bond motifs is 1. The molecule has 4 aromatic rings. The van der Waals surface area contributed by atoms with Gasteiger partial charge in [0.2, 0.25) is 5.91 Å². The number of methoxy groups -OCH3 is 1. The minimum absolute atomic E-state index is 0.0423. The number of nitrogens with zero attached hydrogens (tertiary/aromatic N) is 1. The molecule has 11 heteroatoms. The van der Waals surface area contributed by atoms with Crippen LogP contribution in [0.25, 0.3) is 11.1 Å². The van der Waals surface area contributed by atoms with E-state index >= 15 is 0 Å². The number of carbonyl (C=O) groups is 1. The highest BCUT2D eigenvalue weighted by Gasteiger charge is 2.18. The minimum atomic E-state index is -3.83. The number of ether oxygens (including phenoxy) is 1. The molecule has 4 rings (SSSR count). The summed E-state index contributed by atoms with van der Waals surface area (Å²) in [6, 6.07) is 14.2. The number of anilines is 1. The summed E-state index contributed by atoms with van der Waals surface area (Å²) < 4.78 is 44.0. The van der Waals surface area contributed by atoms with Crippen molar-refractivity contribution in [2.75, 3.05) is 17.6 Å². The van der Waals surface area contributed by atoms with Gasteiger partial charge in [0.15, 0.2) is 5.58 Å². The Morgan fingerprint density at radius 1 is 1.18 bits per heavy atom. The molecule has 1 amide bonds. The van der Waals surface area contributed by atoms with Gasteiger partial charge in [0, 0.05) is 5.69 Å². The van der Waals surface area contributed by atoms with Crippen LogP contribution in [0.2, 0.25) is 0 Å². The first-order chi connectivity index (χ1) is 15.8. The van der Waals surface area contributed by atoms with E-state index in [0.29, 0.717) is 28.3 Å². The molecule has 2 aromatic carbocycles. The van der Waals surface area contributed by atoms with Crippen molar-refractivity contribution in [3.05, 3.63) is 66.6 Å². The van der Waals surface area contributed by atoms with Gasteiger partial charge in [-0.3, -0.25) is 9.52 Å². The Morgan fingerprint density at radius 3 is 2.67 bits per heavy atom. The number of hydrogen-bond donors (Lipinski definition) is 2. The smallest absolute Gasteiger partial charge is 0.261 e. The molecule has 9 nitrogen and oxygen atoms in total. The molecule has 1 unspecified atom stereocenters. The number of nitrogens with one attached hydrogen (secondary N) is 2. The topological polar surface area (TPSA) is 124 Å². The molecule has 2 heterocycles. The van der Waals surface area contributed by atoms with Crippen LogP contribution in [0.3, 0.4) is 0 Å². The van der Waals surface area contributed by atoms with Gasteiger partial charge in [0.1, 0.15) is 17.0 Å². The molecule has 33 heavy (non-hydrogen) atoms. The van der Waals surface area contributed by atoms with Crippen molar-refractivity contribution in [2.24, 2.45) is 0 Å². The van der Waals surface area contributed by atoms with Crippen LogP contribution in [-0.2, 0) is 14.8 Å². The van der Waals surface area contributed by atoms with E-state index in [4.69, 9.17) is 13.6 Å². The second kappa shape index (κ2) is 9.59. The summed E-state index contributed by atoms with van der Waals surface area (Å²) in [4.78, 5) is 16.5. The summed E-state index contributed by atoms with van der Waals surface area (Å²) in [6.07, 6.45) is 1.55. The fourth-order valence-electron chi connectivity index (χ4n) is 3.01. The Labute approximate surface area is 194 Å². The van der Waals surface area contributed by atoms with E-state index in [2.05, 4.69) is 15.0 Å². The van der Waals surface area contributed by atoms with Crippen LogP contribution < -0.4 is 14.8 Å². The SMILES string of the molecule is COc1ccc(NS(=O)(=O)c2ccc3oc(SCC(=O)NC(C)c4ccco4)nc3c2)cc1. The molecule has 0 aliphatic carbocycles. The summed E-state index contributed by atoms with van der Waals surface area (Å²) in [7, 11) is -2.29. The fraction of sp³-hybridized carbons (Fsp3) is 0.182. The molecule has 2 N–H and O–H groups in total. The molecule has 0 fully saturated rings. The van der Waals surface area contributed by atoms with E-state index in [1.54, 1.807) is 42.7 Å². The molecule has 0 spiro atoms. The van der Waals surface area contributed by atoms with Gasteiger partial charge in [-0.15, -0.1) is 0 Å². The number of furan rings is 1. The quantitative estimate of drug-likeness (QED) is 0.337. The second-order valence-corrected chi connectivity index (χ2v) is 9.65. The molecule has 172 valence electrons. The number of hydrogen-bond acceptors (Lipinski definition) is 8. The standard InChI is InChI=1S/C22H21N3O6S2/c1-14(19-4-3-11-30-19)23-21(26)13-32-22-24-18-12-17(9-10-20(18)31-22)33(27,28)25-15-5-7-16(29-2)8-6-15/h3-12,14,25H,13H2,1-2H3,(H,23,26). The number of carbonyl (C=O) groups excluding carboxylic acids is 1. The van der Waals surface area contributed by atoms with Crippen molar-refractivity contribution in [1.29, 1.82) is 0 Å². The summed E-state index contributed by atoms with van der Waals surface area (Å²) in [5.74, 6) is 1.16. The number of thioether (sulfide) groups is 1. The highest BCUT2D eigenvalue weighted by molar-refractivity contribution is 7.99. The summed E-state index contributed by atoms with van der Waals surface area (Å²) >= 11 is 1.12. The zero-order valence-electron chi connectivity index (χ0n) is 17.8. The van der Waals surface area contributed by atoms with Crippen molar-refractivity contribution in [3.63, 3.8) is 0 Å². The van der Waals surface area contributed by atoms with Crippen molar-refractivity contribution >= 4 is 44.5 Å². The third-order valence-electron chi connectivity index (χ3n) is 4.67. The van der Waals surface area contributed by atoms with Crippen LogP contribution in [0.4, 0.5) is 5.69 Å². The third kappa shape index (κ3) is 5.49. The van der Waals surface area contributed by atoms with E-state index in [0.717, 1.165) is 11.8 Å². The van der Waals surface area contributed by atoms with Crippen molar-refractivity contribution in [2.45, 2.75) is 23.1 Å². The maximum atomic E-state index is 12.8. The van der Waals surface area contributed by atoms with Crippen LogP contribution in [0.1, 0.15) is 18.7 Å². The molecule has 1 atom stereocenters. The summed E-state index contributed by atoms with van der Waals surface area (Å²) in [6.45, 7) is 1.82. The second-order valence-electron chi connectivity index (χ2n) is 7.04. The third-order valence-corrected chi connectivity index (χ3v) is 6.87. The van der Waals surface area contributed by atoms with E-state index in [1.165, 1.54) is 25.3 Å². The number of sulfonamides is 1. The first-order valence-electron chi connectivity index (χ1n) is 9.87. The van der Waals surface area contributed by atoms with E-state index < -0.39 is 10.0 Å². The Morgan fingerprint density at radius 2 is 1.97 bits per heavy atom. The number of aromatic nitrogens is 1. The van der Waals surface area contributed by atoms with E-state index in [9.17, 15) is 13.2 Å². The molecule has 0 saturated heterocycles. The first kappa shape index (κ1) is 22.7. The minimum Gasteiger partial charge on any atom is -0.497 e. The fourth-order valence-corrected chi connectivity index (χ4v) is 4.74. The van der Waals surface area contributed by atoms with Crippen LogP contribution >= 0.6 is 11.8 Å². The van der Waals surface area contributed by atoms with Crippen molar-refractivity contribution in [1.82, 2.24) is 10.3 Å². The van der Waals surface area contributed by atoms with Gasteiger partial charge in [-0.1, -0.05) is 11.8 Å². The molecule has 0 aliphatic rings. The van der Waals surface area contributed by atoms with Gasteiger partial charge in [-0.05, 0) is 61.5 Å². The lowest BCUT2D eigenvalue weighted by Gasteiger charge is -2.10. The maximum Gasteiger partial charge on any atom is 0.261 e. The predicted molar refractivity (Wildman–Crippen MR) is 124 cm³/mol. The molecular weight excluding hydrogens is 466 g/mol. The lowest BCUT2D eigenvalue weighted by Crippen LogP contribution is -2.27. The Kier molecular flexibility index (Phi) is 6.61. The maximum absolute atomic E-state index is 12.8. The van der Waals surface area contributed by atoms with E-state index in [-0.39, 0.29) is 27.8 Å². The molecule has 0 saturated carbocycles. The summed E-state index contributed by atoms with van der Waals surface area (Å²) in [5.41, 5.74) is 1.20. The normalized spacial score (nSPS) is 12.4. The molecule has 0 aliphatic heterocycles. The Bertz CT molecular complexity index is 1350. The monoisotopic (exact) mass is 487 g/mol. The molecule has 0 bridgehead atoms. The molecule has 0 radical (unpaired) electrons. The Hall–Kier alpha value is -3.44. The zero-order chi connectivity index (χ0) is 23.4.